The van der Waals surface area contributed by atoms with Crippen LogP contribution in [-0.4, -0.2) is 38.3 Å². The molecule has 1 aliphatic heterocycles. The Kier molecular flexibility index (Phi) is 6.73. The zero-order chi connectivity index (χ0) is 20.9. The first-order valence-corrected chi connectivity index (χ1v) is 11.2. The van der Waals surface area contributed by atoms with Gasteiger partial charge in [0, 0.05) is 24.2 Å². The highest BCUT2D eigenvalue weighted by atomic mass is 32.2. The minimum absolute atomic E-state index is 0.220. The van der Waals surface area contributed by atoms with Crippen molar-refractivity contribution >= 4 is 15.9 Å². The van der Waals surface area contributed by atoms with Crippen LogP contribution < -0.4 is 5.32 Å². The van der Waals surface area contributed by atoms with E-state index in [-0.39, 0.29) is 17.3 Å². The van der Waals surface area contributed by atoms with E-state index in [1.807, 2.05) is 30.3 Å². The van der Waals surface area contributed by atoms with Gasteiger partial charge in [0.1, 0.15) is 0 Å². The molecule has 29 heavy (non-hydrogen) atoms. The number of sulfonamides is 1. The van der Waals surface area contributed by atoms with Gasteiger partial charge in [0.25, 0.3) is 5.91 Å². The van der Waals surface area contributed by atoms with Gasteiger partial charge in [0.15, 0.2) is 0 Å². The molecule has 0 bridgehead atoms. The summed E-state index contributed by atoms with van der Waals surface area (Å²) >= 11 is 0. The fourth-order valence-electron chi connectivity index (χ4n) is 3.62. The molecule has 0 aliphatic carbocycles. The number of benzene rings is 2. The Labute approximate surface area is 173 Å². The van der Waals surface area contributed by atoms with Gasteiger partial charge in [-0.25, -0.2) is 8.42 Å². The van der Waals surface area contributed by atoms with Crippen LogP contribution in [0.15, 0.2) is 59.5 Å². The number of carbonyl (C=O) groups is 1. The van der Waals surface area contributed by atoms with Crippen LogP contribution in [0.5, 0.6) is 0 Å². The molecule has 1 heterocycles. The Morgan fingerprint density at radius 2 is 1.66 bits per heavy atom. The summed E-state index contributed by atoms with van der Waals surface area (Å²) in [7, 11) is -3.54. The van der Waals surface area contributed by atoms with Gasteiger partial charge in [0.05, 0.1) is 11.4 Å². The van der Waals surface area contributed by atoms with Gasteiger partial charge in [-0.2, -0.15) is 4.31 Å². The van der Waals surface area contributed by atoms with Crippen molar-refractivity contribution in [3.05, 3.63) is 65.7 Å². The van der Waals surface area contributed by atoms with Gasteiger partial charge in [-0.05, 0) is 54.7 Å². The van der Waals surface area contributed by atoms with Crippen LogP contribution in [0.25, 0.3) is 0 Å². The molecule has 1 N–H and O–H groups in total. The molecule has 1 amide bonds. The third-order valence-electron chi connectivity index (χ3n) is 4.93. The third kappa shape index (κ3) is 5.47. The molecule has 1 aliphatic rings. The lowest BCUT2D eigenvalue weighted by atomic mass is 9.94. The van der Waals surface area contributed by atoms with E-state index < -0.39 is 10.0 Å². The quantitative estimate of drug-likeness (QED) is 0.788. The van der Waals surface area contributed by atoms with E-state index >= 15 is 0 Å². The van der Waals surface area contributed by atoms with E-state index in [2.05, 4.69) is 31.0 Å². The number of rotatable bonds is 4. The molecule has 1 fully saturated rings. The van der Waals surface area contributed by atoms with Crippen LogP contribution in [-0.2, 0) is 10.0 Å². The molecule has 6 heteroatoms. The zero-order valence-corrected chi connectivity index (χ0v) is 17.6. The molecule has 1 saturated heterocycles. The van der Waals surface area contributed by atoms with Crippen LogP contribution >= 0.6 is 0 Å². The van der Waals surface area contributed by atoms with Gasteiger partial charge in [-0.1, -0.05) is 43.9 Å². The molecule has 0 saturated carbocycles. The maximum absolute atomic E-state index is 12.9. The smallest absolute Gasteiger partial charge is 0.252 e. The molecular formula is C23H26N2O3S. The Bertz CT molecular complexity index is 996. The lowest BCUT2D eigenvalue weighted by Gasteiger charge is -2.34. The molecule has 0 radical (unpaired) electrons. The summed E-state index contributed by atoms with van der Waals surface area (Å²) in [5.74, 6) is 6.28. The molecule has 0 aromatic heterocycles. The fourth-order valence-corrected chi connectivity index (χ4v) is 5.30. The van der Waals surface area contributed by atoms with E-state index in [1.54, 1.807) is 16.4 Å². The number of amides is 1. The number of nitrogens with zero attached hydrogens (tertiary/aromatic N) is 1. The normalized spacial score (nSPS) is 19.8. The van der Waals surface area contributed by atoms with Gasteiger partial charge in [0.2, 0.25) is 10.0 Å². The van der Waals surface area contributed by atoms with Crippen molar-refractivity contribution in [2.45, 2.75) is 25.2 Å². The average Bonchev–Trinajstić information content (AvgIpc) is 2.71. The lowest BCUT2D eigenvalue weighted by Crippen LogP contribution is -2.42. The molecule has 0 spiro atoms. The standard InChI is InChI=1S/C23H26N2O3S/c1-18-15-19(2)17-25(16-18)29(27,28)22-12-10-21(11-13-22)23(26)24-14-6-9-20-7-4-3-5-8-20/h3-5,7-8,10-13,18-19H,14-17H2,1-2H3,(H,24,26)/t18-,19-/m1/s1. The van der Waals surface area contributed by atoms with Crippen molar-refractivity contribution in [3.8, 4) is 11.8 Å². The average molecular weight is 411 g/mol. The summed E-state index contributed by atoms with van der Waals surface area (Å²) in [6.07, 6.45) is 1.04. The zero-order valence-electron chi connectivity index (χ0n) is 16.8. The molecule has 0 unspecified atom stereocenters. The van der Waals surface area contributed by atoms with Gasteiger partial charge < -0.3 is 5.32 Å². The second-order valence-corrected chi connectivity index (χ2v) is 9.58. The lowest BCUT2D eigenvalue weighted by molar-refractivity contribution is 0.0958. The monoisotopic (exact) mass is 410 g/mol. The minimum Gasteiger partial charge on any atom is -0.341 e. The molecule has 2 aromatic rings. The van der Waals surface area contributed by atoms with Gasteiger partial charge >= 0.3 is 0 Å². The highest BCUT2D eigenvalue weighted by Crippen LogP contribution is 2.26. The summed E-state index contributed by atoms with van der Waals surface area (Å²) in [5.41, 5.74) is 1.29. The third-order valence-corrected chi connectivity index (χ3v) is 6.78. The Morgan fingerprint density at radius 1 is 1.03 bits per heavy atom. The number of piperidine rings is 1. The van der Waals surface area contributed by atoms with Gasteiger partial charge in [-0.3, -0.25) is 4.79 Å². The molecule has 152 valence electrons. The van der Waals surface area contributed by atoms with E-state index in [4.69, 9.17) is 0 Å². The highest BCUT2D eigenvalue weighted by molar-refractivity contribution is 7.89. The Morgan fingerprint density at radius 3 is 2.28 bits per heavy atom. The first-order valence-electron chi connectivity index (χ1n) is 9.78. The minimum atomic E-state index is -3.54. The number of hydrogen-bond acceptors (Lipinski definition) is 3. The van der Waals surface area contributed by atoms with Crippen molar-refractivity contribution < 1.29 is 13.2 Å². The summed E-state index contributed by atoms with van der Waals surface area (Å²) in [6, 6.07) is 15.6. The maximum atomic E-state index is 12.9. The van der Waals surface area contributed by atoms with Crippen molar-refractivity contribution in [2.24, 2.45) is 11.8 Å². The SMILES string of the molecule is C[C@@H]1C[C@@H](C)CN(S(=O)(=O)c2ccc(C(=O)NCC#Cc3ccccc3)cc2)C1. The van der Waals surface area contributed by atoms with Crippen LogP contribution in [0.3, 0.4) is 0 Å². The predicted molar refractivity (Wildman–Crippen MR) is 114 cm³/mol. The number of nitrogens with one attached hydrogen (secondary N) is 1. The number of carbonyl (C=O) groups excluding carboxylic acids is 1. The van der Waals surface area contributed by atoms with Crippen LogP contribution in [0.4, 0.5) is 0 Å². The maximum Gasteiger partial charge on any atom is 0.252 e. The first-order chi connectivity index (χ1) is 13.9. The van der Waals surface area contributed by atoms with Crippen molar-refractivity contribution in [2.75, 3.05) is 19.6 Å². The summed E-state index contributed by atoms with van der Waals surface area (Å²) in [5, 5.41) is 2.73. The second kappa shape index (κ2) is 9.25. The van der Waals surface area contributed by atoms with Crippen molar-refractivity contribution in [1.29, 1.82) is 0 Å². The van der Waals surface area contributed by atoms with Crippen LogP contribution in [0.2, 0.25) is 0 Å². The van der Waals surface area contributed by atoms with E-state index in [0.29, 0.717) is 30.5 Å². The van der Waals surface area contributed by atoms with Crippen LogP contribution in [0.1, 0.15) is 36.2 Å². The fraction of sp³-hybridized carbons (Fsp3) is 0.348. The van der Waals surface area contributed by atoms with E-state index in [1.165, 1.54) is 12.1 Å². The highest BCUT2D eigenvalue weighted by Gasteiger charge is 2.31. The Balaban J connectivity index is 1.62. The summed E-state index contributed by atoms with van der Waals surface area (Å²) < 4.78 is 27.4. The largest absolute Gasteiger partial charge is 0.341 e. The van der Waals surface area contributed by atoms with Gasteiger partial charge in [-0.15, -0.1) is 0 Å². The summed E-state index contributed by atoms with van der Waals surface area (Å²) in [6.45, 7) is 5.44. The molecule has 3 rings (SSSR count). The topological polar surface area (TPSA) is 66.5 Å². The molecular weight excluding hydrogens is 384 g/mol. The Hall–Kier alpha value is -2.62. The van der Waals surface area contributed by atoms with E-state index in [9.17, 15) is 13.2 Å². The van der Waals surface area contributed by atoms with E-state index in [0.717, 1.165) is 12.0 Å². The second-order valence-electron chi connectivity index (χ2n) is 7.64. The molecule has 2 aromatic carbocycles. The van der Waals surface area contributed by atoms with Crippen molar-refractivity contribution in [1.82, 2.24) is 9.62 Å². The first kappa shape index (κ1) is 21.1. The molecule has 2 atom stereocenters. The summed E-state index contributed by atoms with van der Waals surface area (Å²) in [4.78, 5) is 12.5. The molecule has 5 nitrogen and oxygen atoms in total. The van der Waals surface area contributed by atoms with Crippen LogP contribution in [0, 0.1) is 23.7 Å². The predicted octanol–water partition coefficient (Wildman–Crippen LogP) is 3.13. The van der Waals surface area contributed by atoms with Crippen molar-refractivity contribution in [3.63, 3.8) is 0 Å². The number of hydrogen-bond donors (Lipinski definition) is 1.